The summed E-state index contributed by atoms with van der Waals surface area (Å²) in [7, 11) is 1.38. The zero-order valence-electron chi connectivity index (χ0n) is 10.3. The summed E-state index contributed by atoms with van der Waals surface area (Å²) in [6, 6.07) is -0.0737. The Labute approximate surface area is 114 Å². The van der Waals surface area contributed by atoms with E-state index in [1.807, 2.05) is 6.08 Å². The standard InChI is InChI=1S/C13H16BrNO3/c1-3-13-6-15(12(17)18-2)11-9(13)8(16)5-4-7(13)10(11)14/h3,7,9-11H,1,4-6H2,2H3/t7-,9+,10-,11-,13+/m1/s1. The van der Waals surface area contributed by atoms with Crippen LogP contribution in [0.1, 0.15) is 12.8 Å². The van der Waals surface area contributed by atoms with Gasteiger partial charge in [-0.05, 0) is 12.3 Å². The Hall–Kier alpha value is -0.840. The van der Waals surface area contributed by atoms with Crippen LogP contribution in [0.5, 0.6) is 0 Å². The number of amides is 1. The summed E-state index contributed by atoms with van der Waals surface area (Å²) in [6.07, 6.45) is 3.07. The van der Waals surface area contributed by atoms with Crippen LogP contribution in [0.2, 0.25) is 0 Å². The Bertz CT molecular complexity index is 438. The van der Waals surface area contributed by atoms with E-state index in [-0.39, 0.29) is 34.1 Å². The number of likely N-dealkylation sites (tertiary alicyclic amines) is 1. The average molecular weight is 314 g/mol. The van der Waals surface area contributed by atoms with Gasteiger partial charge in [0.15, 0.2) is 0 Å². The number of alkyl halides is 1. The first kappa shape index (κ1) is 12.2. The van der Waals surface area contributed by atoms with Crippen molar-refractivity contribution in [3.63, 3.8) is 0 Å². The third kappa shape index (κ3) is 1.21. The van der Waals surface area contributed by atoms with Gasteiger partial charge in [0.25, 0.3) is 0 Å². The molecule has 2 saturated carbocycles. The topological polar surface area (TPSA) is 46.6 Å². The smallest absolute Gasteiger partial charge is 0.409 e. The third-order valence-electron chi connectivity index (χ3n) is 4.96. The first-order valence-corrected chi connectivity index (χ1v) is 7.13. The summed E-state index contributed by atoms with van der Waals surface area (Å²) in [5.74, 6) is 0.574. The van der Waals surface area contributed by atoms with Gasteiger partial charge < -0.3 is 9.64 Å². The molecule has 18 heavy (non-hydrogen) atoms. The van der Waals surface area contributed by atoms with E-state index >= 15 is 0 Å². The Morgan fingerprint density at radius 1 is 1.67 bits per heavy atom. The van der Waals surface area contributed by atoms with Crippen molar-refractivity contribution >= 4 is 27.8 Å². The molecule has 1 amide bonds. The maximum Gasteiger partial charge on any atom is 0.409 e. The number of carbonyl (C=O) groups excluding carboxylic acids is 2. The van der Waals surface area contributed by atoms with Gasteiger partial charge in [-0.1, -0.05) is 22.0 Å². The van der Waals surface area contributed by atoms with E-state index in [1.54, 1.807) is 4.90 Å². The summed E-state index contributed by atoms with van der Waals surface area (Å²) in [5, 5.41) is 0. The summed E-state index contributed by atoms with van der Waals surface area (Å²) in [6.45, 7) is 4.50. The number of nitrogens with zero attached hydrogens (tertiary/aromatic N) is 1. The van der Waals surface area contributed by atoms with Crippen LogP contribution in [0.15, 0.2) is 12.7 Å². The molecule has 0 aromatic carbocycles. The molecular weight excluding hydrogens is 298 g/mol. The quantitative estimate of drug-likeness (QED) is 0.549. The fraction of sp³-hybridized carbons (Fsp3) is 0.692. The first-order chi connectivity index (χ1) is 8.56. The number of Topliss-reactive ketones (excluding diaryl/α,β-unsaturated/α-hetero) is 1. The lowest BCUT2D eigenvalue weighted by atomic mass is 9.66. The molecule has 0 radical (unpaired) electrons. The Balaban J connectivity index is 2.06. The van der Waals surface area contributed by atoms with E-state index in [4.69, 9.17) is 4.74 Å². The molecule has 2 aliphatic carbocycles. The maximum atomic E-state index is 12.2. The minimum atomic E-state index is -0.341. The van der Waals surface area contributed by atoms with Crippen molar-refractivity contribution in [3.05, 3.63) is 12.7 Å². The van der Waals surface area contributed by atoms with E-state index in [0.29, 0.717) is 18.9 Å². The molecule has 5 atom stereocenters. The van der Waals surface area contributed by atoms with Crippen LogP contribution in [-0.4, -0.2) is 41.3 Å². The molecular formula is C13H16BrNO3. The van der Waals surface area contributed by atoms with Crippen LogP contribution in [-0.2, 0) is 9.53 Å². The minimum absolute atomic E-state index is 0.0737. The van der Waals surface area contributed by atoms with Gasteiger partial charge in [0, 0.05) is 23.2 Å². The predicted octanol–water partition coefficient (Wildman–Crippen LogP) is 1.98. The lowest BCUT2D eigenvalue weighted by Crippen LogP contribution is -2.48. The maximum absolute atomic E-state index is 12.2. The van der Waals surface area contributed by atoms with Crippen molar-refractivity contribution in [2.24, 2.45) is 17.3 Å². The SMILES string of the molecule is C=C[C@]12CN(C(=O)OC)[C@H]3[C@H](Br)[C@H]1CCC(=O)[C@@H]32. The summed E-state index contributed by atoms with van der Waals surface area (Å²) in [4.78, 5) is 25.9. The summed E-state index contributed by atoms with van der Waals surface area (Å²) in [5.41, 5.74) is -0.248. The number of hydrogen-bond acceptors (Lipinski definition) is 3. The number of rotatable bonds is 1. The second kappa shape index (κ2) is 3.83. The highest BCUT2D eigenvalue weighted by atomic mass is 79.9. The van der Waals surface area contributed by atoms with E-state index in [2.05, 4.69) is 22.5 Å². The van der Waals surface area contributed by atoms with E-state index < -0.39 is 0 Å². The summed E-state index contributed by atoms with van der Waals surface area (Å²) >= 11 is 3.69. The van der Waals surface area contributed by atoms with Crippen LogP contribution in [0.4, 0.5) is 4.79 Å². The molecule has 3 fully saturated rings. The van der Waals surface area contributed by atoms with Gasteiger partial charge in [-0.25, -0.2) is 4.79 Å². The van der Waals surface area contributed by atoms with Gasteiger partial charge >= 0.3 is 6.09 Å². The normalized spacial score (nSPS) is 45.2. The van der Waals surface area contributed by atoms with Crippen LogP contribution in [0.25, 0.3) is 0 Å². The lowest BCUT2D eigenvalue weighted by molar-refractivity contribution is -0.127. The number of piperidine rings is 1. The van der Waals surface area contributed by atoms with Crippen molar-refractivity contribution in [2.75, 3.05) is 13.7 Å². The molecule has 98 valence electrons. The molecule has 0 aromatic heterocycles. The molecule has 5 heteroatoms. The first-order valence-electron chi connectivity index (χ1n) is 6.22. The van der Waals surface area contributed by atoms with E-state index in [0.717, 1.165) is 6.42 Å². The fourth-order valence-corrected chi connectivity index (χ4v) is 5.60. The van der Waals surface area contributed by atoms with Gasteiger partial charge in [-0.3, -0.25) is 4.79 Å². The number of ether oxygens (including phenoxy) is 1. The largest absolute Gasteiger partial charge is 0.453 e. The monoisotopic (exact) mass is 313 g/mol. The zero-order valence-corrected chi connectivity index (χ0v) is 11.9. The third-order valence-corrected chi connectivity index (χ3v) is 6.14. The van der Waals surface area contributed by atoms with Gasteiger partial charge in [0.2, 0.25) is 0 Å². The molecule has 4 bridgehead atoms. The second-order valence-electron chi connectivity index (χ2n) is 5.44. The Morgan fingerprint density at radius 3 is 2.94 bits per heavy atom. The molecule has 1 aliphatic heterocycles. The summed E-state index contributed by atoms with van der Waals surface area (Å²) < 4.78 is 4.83. The highest BCUT2D eigenvalue weighted by molar-refractivity contribution is 9.09. The molecule has 1 heterocycles. The number of carbonyl (C=O) groups is 2. The van der Waals surface area contributed by atoms with Crippen molar-refractivity contribution in [1.82, 2.24) is 4.90 Å². The molecule has 0 N–H and O–H groups in total. The second-order valence-corrected chi connectivity index (χ2v) is 6.50. The number of methoxy groups -OCH3 is 1. The molecule has 4 nitrogen and oxygen atoms in total. The Morgan fingerprint density at radius 2 is 2.39 bits per heavy atom. The predicted molar refractivity (Wildman–Crippen MR) is 69.5 cm³/mol. The Kier molecular flexibility index (Phi) is 2.59. The van der Waals surface area contributed by atoms with Crippen molar-refractivity contribution in [3.8, 4) is 0 Å². The van der Waals surface area contributed by atoms with Gasteiger partial charge in [-0.2, -0.15) is 0 Å². The van der Waals surface area contributed by atoms with Gasteiger partial charge in [-0.15, -0.1) is 6.58 Å². The number of halogens is 1. The zero-order chi connectivity index (χ0) is 13.1. The fourth-order valence-electron chi connectivity index (χ4n) is 4.25. The highest BCUT2D eigenvalue weighted by Gasteiger charge is 2.70. The molecule has 0 spiro atoms. The van der Waals surface area contributed by atoms with Gasteiger partial charge in [0.05, 0.1) is 19.1 Å². The van der Waals surface area contributed by atoms with Crippen molar-refractivity contribution in [2.45, 2.75) is 23.7 Å². The van der Waals surface area contributed by atoms with Crippen LogP contribution in [0.3, 0.4) is 0 Å². The van der Waals surface area contributed by atoms with Gasteiger partial charge in [0.1, 0.15) is 5.78 Å². The highest BCUT2D eigenvalue weighted by Crippen LogP contribution is 2.63. The van der Waals surface area contributed by atoms with Crippen LogP contribution in [0, 0.1) is 17.3 Å². The number of hydrogen-bond donors (Lipinski definition) is 0. The molecule has 0 unspecified atom stereocenters. The molecule has 0 aromatic rings. The van der Waals surface area contributed by atoms with Crippen LogP contribution < -0.4 is 0 Å². The average Bonchev–Trinajstić information content (AvgIpc) is 2.81. The van der Waals surface area contributed by atoms with Crippen molar-refractivity contribution in [1.29, 1.82) is 0 Å². The van der Waals surface area contributed by atoms with Crippen molar-refractivity contribution < 1.29 is 14.3 Å². The lowest BCUT2D eigenvalue weighted by Gasteiger charge is -2.41. The molecule has 3 aliphatic rings. The number of ketones is 1. The molecule has 1 saturated heterocycles. The molecule has 3 rings (SSSR count). The van der Waals surface area contributed by atoms with Crippen LogP contribution >= 0.6 is 15.9 Å². The van der Waals surface area contributed by atoms with E-state index in [1.165, 1.54) is 7.11 Å². The van der Waals surface area contributed by atoms with E-state index in [9.17, 15) is 9.59 Å². The minimum Gasteiger partial charge on any atom is -0.453 e.